The molecule has 3 atom stereocenters. The fraction of sp³-hybridized carbons (Fsp3) is 0.436. The minimum absolute atomic E-state index is 0.00469. The van der Waals surface area contributed by atoms with E-state index in [9.17, 15) is 29.3 Å². The molecule has 2 heterocycles. The molecule has 3 aromatic rings. The van der Waals surface area contributed by atoms with E-state index < -0.39 is 10.8 Å². The van der Waals surface area contributed by atoms with Gasteiger partial charge in [0.2, 0.25) is 5.91 Å². The Bertz CT molecular complexity index is 1890. The summed E-state index contributed by atoms with van der Waals surface area (Å²) in [6.45, 7) is 2.81. The zero-order valence-electron chi connectivity index (χ0n) is 32.1. The molecule has 0 spiro atoms. The Morgan fingerprint density at radius 3 is 2.31 bits per heavy atom. The van der Waals surface area contributed by atoms with Crippen molar-refractivity contribution in [3.05, 3.63) is 81.9 Å². The van der Waals surface area contributed by atoms with Crippen LogP contribution in [0, 0.1) is 10.1 Å². The second kappa shape index (κ2) is 22.8. The number of benzene rings is 3. The lowest BCUT2D eigenvalue weighted by atomic mass is 10.0. The van der Waals surface area contributed by atoms with E-state index >= 15 is 0 Å². The minimum atomic E-state index is -0.482. The lowest BCUT2D eigenvalue weighted by Gasteiger charge is -2.16. The number of carbonyl (C=O) groups is 4. The van der Waals surface area contributed by atoms with Gasteiger partial charge in [-0.05, 0) is 61.4 Å². The molecular formula is C39H49N7O10S2. The summed E-state index contributed by atoms with van der Waals surface area (Å²) in [5, 5.41) is 25.8. The highest BCUT2D eigenvalue weighted by molar-refractivity contribution is 8.00. The quantitative estimate of drug-likeness (QED) is 0.0244. The summed E-state index contributed by atoms with van der Waals surface area (Å²) in [6, 6.07) is 15.8. The molecule has 312 valence electrons. The van der Waals surface area contributed by atoms with Gasteiger partial charge in [0, 0.05) is 63.7 Å². The first-order valence-electron chi connectivity index (χ1n) is 18.9. The number of nitrogen functional groups attached to an aromatic ring is 1. The van der Waals surface area contributed by atoms with Crippen LogP contribution in [0.3, 0.4) is 0 Å². The molecule has 0 aliphatic carbocycles. The number of amides is 5. The van der Waals surface area contributed by atoms with Gasteiger partial charge in [-0.25, -0.2) is 4.79 Å². The van der Waals surface area contributed by atoms with Crippen LogP contribution in [0.2, 0.25) is 0 Å². The molecule has 19 heteroatoms. The average molecular weight is 840 g/mol. The molecule has 58 heavy (non-hydrogen) atoms. The van der Waals surface area contributed by atoms with E-state index in [2.05, 4.69) is 26.6 Å². The Morgan fingerprint density at radius 1 is 0.897 bits per heavy atom. The van der Waals surface area contributed by atoms with Crippen LogP contribution in [0.15, 0.2) is 70.5 Å². The zero-order chi connectivity index (χ0) is 41.3. The molecular weight excluding hydrogens is 791 g/mol. The number of hydrogen-bond donors (Lipinski definition) is 6. The van der Waals surface area contributed by atoms with Crippen molar-refractivity contribution in [2.45, 2.75) is 52.8 Å². The van der Waals surface area contributed by atoms with Crippen LogP contribution in [0.25, 0.3) is 0 Å². The lowest BCUT2D eigenvalue weighted by Crippen LogP contribution is -2.36. The number of non-ortho nitro benzene ring substituents is 1. The van der Waals surface area contributed by atoms with Gasteiger partial charge in [-0.3, -0.25) is 24.5 Å². The number of hydrogen-bond acceptors (Lipinski definition) is 13. The van der Waals surface area contributed by atoms with Gasteiger partial charge < -0.3 is 51.3 Å². The van der Waals surface area contributed by atoms with Crippen molar-refractivity contribution in [2.75, 3.05) is 76.6 Å². The van der Waals surface area contributed by atoms with E-state index in [0.29, 0.717) is 83.5 Å². The maximum absolute atomic E-state index is 13.4. The van der Waals surface area contributed by atoms with Crippen LogP contribution >= 0.6 is 23.5 Å². The number of nitrogens with one attached hydrogen (secondary N) is 5. The Balaban J connectivity index is 0.894. The maximum Gasteiger partial charge on any atom is 0.315 e. The predicted molar refractivity (Wildman–Crippen MR) is 221 cm³/mol. The summed E-state index contributed by atoms with van der Waals surface area (Å²) in [4.78, 5) is 61.6. The number of nitrogens with zero attached hydrogens (tertiary/aromatic N) is 1. The van der Waals surface area contributed by atoms with E-state index in [1.165, 1.54) is 37.1 Å². The van der Waals surface area contributed by atoms with Gasteiger partial charge >= 0.3 is 6.03 Å². The summed E-state index contributed by atoms with van der Waals surface area (Å²) in [5.41, 5.74) is 7.40. The van der Waals surface area contributed by atoms with Gasteiger partial charge in [0.05, 0.1) is 75.0 Å². The molecule has 5 amide bonds. The van der Waals surface area contributed by atoms with Crippen molar-refractivity contribution in [1.82, 2.24) is 21.3 Å². The Kier molecular flexibility index (Phi) is 17.3. The van der Waals surface area contributed by atoms with Gasteiger partial charge in [0.15, 0.2) is 0 Å². The standard InChI is InChI=1S/C39H49N7O10S2/c1-53-32-22-25(6-13-30(32)43-38(49)29-12-7-26(40)23-34(29)58-28-10-8-27(9-11-28)46(51)52)37(48)42-15-17-55-19-21-56-20-18-54-16-14-41-35(47)5-3-2-4-33-36-31(24-57-33)44-39(50)45-36/h6-13,22-23,31,33,36H,2-5,14-21,24,40H2,1H3,(H,41,47)(H,42,48)(H,43,49)(H2,44,45,50). The Hall–Kier alpha value is -5.08. The normalized spacial score (nSPS) is 16.8. The number of rotatable bonds is 24. The molecule has 2 aliphatic rings. The molecule has 2 aliphatic heterocycles. The third-order valence-electron chi connectivity index (χ3n) is 9.16. The lowest BCUT2D eigenvalue weighted by molar-refractivity contribution is -0.384. The second-order valence-corrected chi connectivity index (χ2v) is 15.7. The van der Waals surface area contributed by atoms with Crippen LogP contribution in [0.1, 0.15) is 46.4 Å². The van der Waals surface area contributed by atoms with E-state index in [-0.39, 0.29) is 54.5 Å². The number of unbranched alkanes of at least 4 members (excludes halogenated alkanes) is 1. The average Bonchev–Trinajstić information content (AvgIpc) is 3.77. The number of thioether (sulfide) groups is 1. The highest BCUT2D eigenvalue weighted by Gasteiger charge is 2.42. The SMILES string of the molecule is COc1cc(C(=O)NCCOCCOCCOCCNC(=O)CCCCC2SCC3NC(=O)NC32)ccc1NC(=O)c1ccc(N)cc1Sc1ccc([N+](=O)[O-])cc1. The van der Waals surface area contributed by atoms with Crippen LogP contribution in [-0.4, -0.2) is 112 Å². The highest BCUT2D eigenvalue weighted by atomic mass is 32.2. The van der Waals surface area contributed by atoms with Gasteiger partial charge in [-0.1, -0.05) is 18.2 Å². The maximum atomic E-state index is 13.4. The van der Waals surface area contributed by atoms with Crippen LogP contribution < -0.4 is 37.1 Å². The summed E-state index contributed by atoms with van der Waals surface area (Å²) in [5.74, 6) is 0.435. The van der Waals surface area contributed by atoms with Gasteiger partial charge in [-0.15, -0.1) is 0 Å². The minimum Gasteiger partial charge on any atom is -0.495 e. The van der Waals surface area contributed by atoms with Crippen molar-refractivity contribution in [3.63, 3.8) is 0 Å². The molecule has 17 nitrogen and oxygen atoms in total. The largest absolute Gasteiger partial charge is 0.495 e. The van der Waals surface area contributed by atoms with E-state index in [4.69, 9.17) is 24.7 Å². The summed E-state index contributed by atoms with van der Waals surface area (Å²) >= 11 is 3.12. The van der Waals surface area contributed by atoms with Crippen molar-refractivity contribution in [1.29, 1.82) is 0 Å². The molecule has 2 saturated heterocycles. The summed E-state index contributed by atoms with van der Waals surface area (Å²) in [6.07, 6.45) is 3.20. The number of nitrogens with two attached hydrogens (primary N) is 1. The van der Waals surface area contributed by atoms with Crippen LogP contribution in [-0.2, 0) is 19.0 Å². The van der Waals surface area contributed by atoms with Gasteiger partial charge in [0.1, 0.15) is 5.75 Å². The first-order valence-corrected chi connectivity index (χ1v) is 20.8. The molecule has 0 bridgehead atoms. The predicted octanol–water partition coefficient (Wildman–Crippen LogP) is 4.21. The number of nitro groups is 1. The van der Waals surface area contributed by atoms with Crippen molar-refractivity contribution in [2.24, 2.45) is 0 Å². The highest BCUT2D eigenvalue weighted by Crippen LogP contribution is 2.35. The molecule has 0 radical (unpaired) electrons. The fourth-order valence-electron chi connectivity index (χ4n) is 6.20. The summed E-state index contributed by atoms with van der Waals surface area (Å²) in [7, 11) is 1.43. The molecule has 0 saturated carbocycles. The van der Waals surface area contributed by atoms with Gasteiger partial charge in [0.25, 0.3) is 17.5 Å². The monoisotopic (exact) mass is 839 g/mol. The number of fused-ring (bicyclic) bond motifs is 1. The number of methoxy groups -OCH3 is 1. The van der Waals surface area contributed by atoms with E-state index in [1.807, 2.05) is 11.8 Å². The van der Waals surface area contributed by atoms with Crippen molar-refractivity contribution >= 4 is 64.3 Å². The molecule has 3 aromatic carbocycles. The second-order valence-electron chi connectivity index (χ2n) is 13.3. The number of nitro benzene ring substituents is 1. The van der Waals surface area contributed by atoms with E-state index in [1.54, 1.807) is 42.5 Å². The number of ether oxygens (including phenoxy) is 4. The molecule has 7 N–H and O–H groups in total. The smallest absolute Gasteiger partial charge is 0.315 e. The number of urea groups is 1. The zero-order valence-corrected chi connectivity index (χ0v) is 33.8. The fourth-order valence-corrected chi connectivity index (χ4v) is 8.74. The third-order valence-corrected chi connectivity index (χ3v) is 11.7. The summed E-state index contributed by atoms with van der Waals surface area (Å²) < 4.78 is 22.0. The Labute approximate surface area is 344 Å². The first kappa shape index (κ1) is 44.0. The van der Waals surface area contributed by atoms with Gasteiger partial charge in [-0.2, -0.15) is 11.8 Å². The van der Waals surface area contributed by atoms with E-state index in [0.717, 1.165) is 25.0 Å². The topological polar surface area (TPSA) is 235 Å². The third kappa shape index (κ3) is 13.5. The number of anilines is 2. The molecule has 0 aromatic heterocycles. The van der Waals surface area contributed by atoms with Crippen molar-refractivity contribution in [3.8, 4) is 5.75 Å². The van der Waals surface area contributed by atoms with Crippen LogP contribution in [0.4, 0.5) is 21.9 Å². The molecule has 2 fully saturated rings. The van der Waals surface area contributed by atoms with Crippen LogP contribution in [0.5, 0.6) is 5.75 Å². The first-order chi connectivity index (χ1) is 28.1. The molecule has 3 unspecified atom stereocenters. The Morgan fingerprint density at radius 2 is 1.60 bits per heavy atom. The number of carbonyl (C=O) groups excluding carboxylic acids is 4. The molecule has 5 rings (SSSR count). The van der Waals surface area contributed by atoms with Crippen molar-refractivity contribution < 1.29 is 43.0 Å².